The molecule has 0 amide bonds. The summed E-state index contributed by atoms with van der Waals surface area (Å²) in [5.74, 6) is -0.238. The predicted octanol–water partition coefficient (Wildman–Crippen LogP) is 2.17. The highest BCUT2D eigenvalue weighted by atomic mass is 16.5. The number of aryl methyl sites for hydroxylation is 1. The fourth-order valence-electron chi connectivity index (χ4n) is 1.48. The van der Waals surface area contributed by atoms with Crippen LogP contribution in [0.2, 0.25) is 0 Å². The molecule has 2 rings (SSSR count). The van der Waals surface area contributed by atoms with E-state index in [9.17, 15) is 4.79 Å². The van der Waals surface area contributed by atoms with Crippen LogP contribution in [0.15, 0.2) is 30.5 Å². The maximum Gasteiger partial charge on any atom is 0.374 e. The second kappa shape index (κ2) is 4.18. The van der Waals surface area contributed by atoms with Crippen molar-refractivity contribution in [3.8, 4) is 11.3 Å². The number of hydrogen-bond donors (Lipinski definition) is 1. The summed E-state index contributed by atoms with van der Waals surface area (Å²) in [7, 11) is 1.33. The minimum atomic E-state index is -0.459. The van der Waals surface area contributed by atoms with E-state index in [1.54, 1.807) is 6.20 Å². The lowest BCUT2D eigenvalue weighted by atomic mass is 10.1. The zero-order chi connectivity index (χ0) is 11.5. The van der Waals surface area contributed by atoms with Gasteiger partial charge in [0.15, 0.2) is 0 Å². The van der Waals surface area contributed by atoms with Crippen molar-refractivity contribution in [3.63, 3.8) is 0 Å². The lowest BCUT2D eigenvalue weighted by molar-refractivity contribution is 0.0588. The SMILES string of the molecule is COC(=O)c1ncc(-c2cccc(C)c2)[nH]1. The maximum absolute atomic E-state index is 11.2. The highest BCUT2D eigenvalue weighted by Gasteiger charge is 2.10. The Kier molecular flexibility index (Phi) is 2.72. The molecule has 0 radical (unpaired) electrons. The van der Waals surface area contributed by atoms with Crippen molar-refractivity contribution in [2.24, 2.45) is 0 Å². The van der Waals surface area contributed by atoms with Gasteiger partial charge in [0.05, 0.1) is 19.0 Å². The third-order valence-corrected chi connectivity index (χ3v) is 2.28. The molecular weight excluding hydrogens is 204 g/mol. The Morgan fingerprint density at radius 2 is 2.25 bits per heavy atom. The molecule has 0 fully saturated rings. The Balaban J connectivity index is 2.35. The molecular formula is C12H12N2O2. The first-order valence-corrected chi connectivity index (χ1v) is 4.91. The van der Waals surface area contributed by atoms with E-state index in [0.717, 1.165) is 16.8 Å². The summed E-state index contributed by atoms with van der Waals surface area (Å²) in [6, 6.07) is 7.96. The molecule has 1 aromatic heterocycles. The topological polar surface area (TPSA) is 55.0 Å². The molecule has 1 N–H and O–H groups in total. The molecule has 2 aromatic rings. The van der Waals surface area contributed by atoms with E-state index in [1.807, 2.05) is 31.2 Å². The first-order valence-electron chi connectivity index (χ1n) is 4.91. The Bertz CT molecular complexity index is 517. The lowest BCUT2D eigenvalue weighted by Crippen LogP contribution is -2.03. The summed E-state index contributed by atoms with van der Waals surface area (Å²) in [6.45, 7) is 2.01. The molecule has 0 atom stereocenters. The number of esters is 1. The van der Waals surface area contributed by atoms with Gasteiger partial charge in [-0.2, -0.15) is 0 Å². The van der Waals surface area contributed by atoms with Crippen molar-refractivity contribution >= 4 is 5.97 Å². The molecule has 0 aliphatic rings. The van der Waals surface area contributed by atoms with Crippen molar-refractivity contribution in [3.05, 3.63) is 41.9 Å². The smallest absolute Gasteiger partial charge is 0.374 e. The highest BCUT2D eigenvalue weighted by molar-refractivity contribution is 5.86. The van der Waals surface area contributed by atoms with Crippen LogP contribution in [0.25, 0.3) is 11.3 Å². The van der Waals surface area contributed by atoms with E-state index in [-0.39, 0.29) is 5.82 Å². The van der Waals surface area contributed by atoms with E-state index >= 15 is 0 Å². The normalized spacial score (nSPS) is 10.1. The van der Waals surface area contributed by atoms with Crippen LogP contribution >= 0.6 is 0 Å². The fraction of sp³-hybridized carbons (Fsp3) is 0.167. The average molecular weight is 216 g/mol. The van der Waals surface area contributed by atoms with Gasteiger partial charge in [0, 0.05) is 0 Å². The van der Waals surface area contributed by atoms with Gasteiger partial charge in [0.2, 0.25) is 5.82 Å². The first-order chi connectivity index (χ1) is 7.70. The Morgan fingerprint density at radius 3 is 2.94 bits per heavy atom. The summed E-state index contributed by atoms with van der Waals surface area (Å²) in [6.07, 6.45) is 1.63. The quantitative estimate of drug-likeness (QED) is 0.783. The second-order valence-electron chi connectivity index (χ2n) is 3.51. The number of hydrogen-bond acceptors (Lipinski definition) is 3. The number of aromatic nitrogens is 2. The standard InChI is InChI=1S/C12H12N2O2/c1-8-4-3-5-9(6-8)10-7-13-11(14-10)12(15)16-2/h3-7H,1-2H3,(H,13,14). The highest BCUT2D eigenvalue weighted by Crippen LogP contribution is 2.18. The van der Waals surface area contributed by atoms with E-state index in [0.29, 0.717) is 0 Å². The number of carbonyl (C=O) groups excluding carboxylic acids is 1. The number of H-pyrrole nitrogens is 1. The van der Waals surface area contributed by atoms with Crippen molar-refractivity contribution in [2.45, 2.75) is 6.92 Å². The van der Waals surface area contributed by atoms with Crippen molar-refractivity contribution in [1.82, 2.24) is 9.97 Å². The second-order valence-corrected chi connectivity index (χ2v) is 3.51. The van der Waals surface area contributed by atoms with Gasteiger partial charge in [-0.1, -0.05) is 23.8 Å². The molecule has 0 spiro atoms. The van der Waals surface area contributed by atoms with Crippen LogP contribution in [0.4, 0.5) is 0 Å². The van der Waals surface area contributed by atoms with Gasteiger partial charge in [0.25, 0.3) is 0 Å². The Hall–Kier alpha value is -2.10. The molecule has 0 aliphatic carbocycles. The third kappa shape index (κ3) is 1.95. The Labute approximate surface area is 93.3 Å². The van der Waals surface area contributed by atoms with Crippen LogP contribution in [0, 0.1) is 6.92 Å². The van der Waals surface area contributed by atoms with Crippen LogP contribution in [-0.4, -0.2) is 23.0 Å². The van der Waals surface area contributed by atoms with E-state index in [4.69, 9.17) is 0 Å². The minimum Gasteiger partial charge on any atom is -0.463 e. The maximum atomic E-state index is 11.2. The number of nitrogens with one attached hydrogen (secondary N) is 1. The number of methoxy groups -OCH3 is 1. The van der Waals surface area contributed by atoms with E-state index < -0.39 is 5.97 Å². The summed E-state index contributed by atoms with van der Waals surface area (Å²) >= 11 is 0. The molecule has 0 saturated carbocycles. The van der Waals surface area contributed by atoms with Gasteiger partial charge in [-0.05, 0) is 18.6 Å². The third-order valence-electron chi connectivity index (χ3n) is 2.28. The van der Waals surface area contributed by atoms with Crippen LogP contribution in [0.5, 0.6) is 0 Å². The predicted molar refractivity (Wildman–Crippen MR) is 60.1 cm³/mol. The number of carbonyl (C=O) groups is 1. The van der Waals surface area contributed by atoms with Crippen molar-refractivity contribution < 1.29 is 9.53 Å². The molecule has 82 valence electrons. The zero-order valence-electron chi connectivity index (χ0n) is 9.15. The van der Waals surface area contributed by atoms with Gasteiger partial charge in [-0.3, -0.25) is 0 Å². The van der Waals surface area contributed by atoms with E-state index in [1.165, 1.54) is 7.11 Å². The molecule has 0 aliphatic heterocycles. The van der Waals surface area contributed by atoms with Crippen LogP contribution in [0.1, 0.15) is 16.2 Å². The molecule has 0 bridgehead atoms. The number of imidazole rings is 1. The number of nitrogens with zero attached hydrogens (tertiary/aromatic N) is 1. The van der Waals surface area contributed by atoms with E-state index in [2.05, 4.69) is 14.7 Å². The van der Waals surface area contributed by atoms with Crippen LogP contribution < -0.4 is 0 Å². The lowest BCUT2D eigenvalue weighted by Gasteiger charge is -1.98. The van der Waals surface area contributed by atoms with Gasteiger partial charge >= 0.3 is 5.97 Å². The van der Waals surface area contributed by atoms with Gasteiger partial charge in [-0.25, -0.2) is 9.78 Å². The Morgan fingerprint density at radius 1 is 1.44 bits per heavy atom. The van der Waals surface area contributed by atoms with Gasteiger partial charge in [0.1, 0.15) is 0 Å². The first kappa shape index (κ1) is 10.4. The van der Waals surface area contributed by atoms with Crippen molar-refractivity contribution in [2.75, 3.05) is 7.11 Å². The molecule has 4 nitrogen and oxygen atoms in total. The molecule has 0 unspecified atom stereocenters. The number of benzene rings is 1. The van der Waals surface area contributed by atoms with Gasteiger partial charge in [-0.15, -0.1) is 0 Å². The summed E-state index contributed by atoms with van der Waals surface area (Å²) in [5.41, 5.74) is 2.97. The molecule has 0 saturated heterocycles. The van der Waals surface area contributed by atoms with Gasteiger partial charge < -0.3 is 9.72 Å². The number of rotatable bonds is 2. The monoisotopic (exact) mass is 216 g/mol. The number of aromatic amines is 1. The molecule has 1 heterocycles. The minimum absolute atomic E-state index is 0.221. The van der Waals surface area contributed by atoms with Crippen molar-refractivity contribution in [1.29, 1.82) is 0 Å². The molecule has 4 heteroatoms. The summed E-state index contributed by atoms with van der Waals surface area (Å²) < 4.78 is 4.58. The van der Waals surface area contributed by atoms with Crippen LogP contribution in [-0.2, 0) is 4.74 Å². The molecule has 1 aromatic carbocycles. The molecule has 16 heavy (non-hydrogen) atoms. The zero-order valence-corrected chi connectivity index (χ0v) is 9.15. The number of ether oxygens (including phenoxy) is 1. The summed E-state index contributed by atoms with van der Waals surface area (Å²) in [4.78, 5) is 18.1. The summed E-state index contributed by atoms with van der Waals surface area (Å²) in [5, 5.41) is 0. The largest absolute Gasteiger partial charge is 0.463 e. The van der Waals surface area contributed by atoms with Crippen LogP contribution in [0.3, 0.4) is 0 Å². The fourth-order valence-corrected chi connectivity index (χ4v) is 1.48. The average Bonchev–Trinajstić information content (AvgIpc) is 2.77.